The van der Waals surface area contributed by atoms with Crippen LogP contribution >= 0.6 is 0 Å². The van der Waals surface area contributed by atoms with Crippen LogP contribution in [0.5, 0.6) is 0 Å². The minimum absolute atomic E-state index is 0.0985. The molecule has 0 bridgehead atoms. The zero-order chi connectivity index (χ0) is 21.0. The number of sulfonamides is 1. The van der Waals surface area contributed by atoms with Gasteiger partial charge in [0.2, 0.25) is 10.0 Å². The van der Waals surface area contributed by atoms with Crippen LogP contribution in [0.4, 0.5) is 5.69 Å². The molecule has 1 aliphatic rings. The van der Waals surface area contributed by atoms with Gasteiger partial charge in [0.15, 0.2) is 0 Å². The molecule has 0 atom stereocenters. The summed E-state index contributed by atoms with van der Waals surface area (Å²) in [6, 6.07) is 7.54. The monoisotopic (exact) mass is 417 g/mol. The molecule has 1 aromatic carbocycles. The highest BCUT2D eigenvalue weighted by atomic mass is 32.2. The van der Waals surface area contributed by atoms with E-state index in [4.69, 9.17) is 0 Å². The van der Waals surface area contributed by atoms with Crippen LogP contribution in [0.2, 0.25) is 0 Å². The zero-order valence-electron chi connectivity index (χ0n) is 16.3. The number of carbonyl (C=O) groups excluding carboxylic acids is 2. The molecule has 0 saturated carbocycles. The average molecular weight is 417 g/mol. The van der Waals surface area contributed by atoms with Crippen molar-refractivity contribution in [1.82, 2.24) is 9.29 Å². The molecule has 1 N–H and O–H groups in total. The van der Waals surface area contributed by atoms with Crippen molar-refractivity contribution >= 4 is 27.6 Å². The van der Waals surface area contributed by atoms with Crippen LogP contribution in [0.25, 0.3) is 0 Å². The second kappa shape index (κ2) is 8.71. The van der Waals surface area contributed by atoms with Gasteiger partial charge in [-0.05, 0) is 49.6 Å². The minimum atomic E-state index is -3.60. The van der Waals surface area contributed by atoms with E-state index in [2.05, 4.69) is 15.0 Å². The largest absolute Gasteiger partial charge is 0.465 e. The van der Waals surface area contributed by atoms with Crippen molar-refractivity contribution in [3.05, 3.63) is 53.3 Å². The fraction of sp³-hybridized carbons (Fsp3) is 0.350. The normalized spacial score (nSPS) is 15.0. The Morgan fingerprint density at radius 1 is 1.10 bits per heavy atom. The van der Waals surface area contributed by atoms with E-state index in [0.29, 0.717) is 18.8 Å². The van der Waals surface area contributed by atoms with Crippen molar-refractivity contribution in [3.8, 4) is 0 Å². The summed E-state index contributed by atoms with van der Waals surface area (Å²) in [6.07, 6.45) is 3.98. The lowest BCUT2D eigenvalue weighted by molar-refractivity contribution is 0.0600. The number of carbonyl (C=O) groups is 2. The number of hydrogen-bond donors (Lipinski definition) is 1. The number of aryl methyl sites for hydroxylation is 1. The van der Waals surface area contributed by atoms with Crippen LogP contribution in [-0.4, -0.2) is 49.8 Å². The lowest BCUT2D eigenvalue weighted by Gasteiger charge is -2.26. The van der Waals surface area contributed by atoms with E-state index in [1.54, 1.807) is 19.1 Å². The van der Waals surface area contributed by atoms with Gasteiger partial charge in [-0.15, -0.1) is 0 Å². The quantitative estimate of drug-likeness (QED) is 0.750. The van der Waals surface area contributed by atoms with E-state index in [9.17, 15) is 18.0 Å². The SMILES string of the molecule is COC(=O)c1ccc(C(=O)Nc2cc(S(=O)(=O)N3CCCCC3)ccc2C)nc1. The summed E-state index contributed by atoms with van der Waals surface area (Å²) >= 11 is 0. The molecular formula is C20H23N3O5S. The molecule has 8 nitrogen and oxygen atoms in total. The smallest absolute Gasteiger partial charge is 0.339 e. The summed E-state index contributed by atoms with van der Waals surface area (Å²) in [6.45, 7) is 2.80. The number of anilines is 1. The Labute approximate surface area is 169 Å². The molecule has 154 valence electrons. The van der Waals surface area contributed by atoms with Crippen LogP contribution in [0.1, 0.15) is 45.7 Å². The van der Waals surface area contributed by atoms with Crippen molar-refractivity contribution < 1.29 is 22.7 Å². The predicted octanol–water partition coefficient (Wildman–Crippen LogP) is 2.60. The summed E-state index contributed by atoms with van der Waals surface area (Å²) in [5, 5.41) is 2.70. The maximum absolute atomic E-state index is 12.9. The Bertz CT molecular complexity index is 1010. The first kappa shape index (κ1) is 20.9. The Hall–Kier alpha value is -2.78. The van der Waals surface area contributed by atoms with Crippen LogP contribution in [0.3, 0.4) is 0 Å². The number of esters is 1. The maximum Gasteiger partial charge on any atom is 0.339 e. The lowest BCUT2D eigenvalue weighted by atomic mass is 10.2. The molecule has 1 saturated heterocycles. The van der Waals surface area contributed by atoms with E-state index < -0.39 is 21.9 Å². The van der Waals surface area contributed by atoms with Gasteiger partial charge in [0.25, 0.3) is 5.91 Å². The summed E-state index contributed by atoms with van der Waals surface area (Å²) in [5.41, 5.74) is 1.45. The third kappa shape index (κ3) is 4.63. The van der Waals surface area contributed by atoms with Gasteiger partial charge in [0.1, 0.15) is 5.69 Å². The van der Waals surface area contributed by atoms with Crippen LogP contribution < -0.4 is 5.32 Å². The number of nitrogens with one attached hydrogen (secondary N) is 1. The lowest BCUT2D eigenvalue weighted by Crippen LogP contribution is -2.35. The summed E-state index contributed by atoms with van der Waals surface area (Å²) in [4.78, 5) is 28.1. The number of rotatable bonds is 5. The molecule has 0 aliphatic carbocycles. The number of hydrogen-bond acceptors (Lipinski definition) is 6. The standard InChI is InChI=1S/C20H23N3O5S/c1-14-6-8-16(29(26,27)23-10-4-3-5-11-23)12-18(14)22-19(24)17-9-7-15(13-21-17)20(25)28-2/h6-9,12-13H,3-5,10-11H2,1-2H3,(H,22,24). The second-order valence-corrected chi connectivity index (χ2v) is 8.76. The molecule has 9 heteroatoms. The molecule has 3 rings (SSSR count). The second-order valence-electron chi connectivity index (χ2n) is 6.82. The molecule has 2 aromatic rings. The number of methoxy groups -OCH3 is 1. The molecule has 0 unspecified atom stereocenters. The Balaban J connectivity index is 1.81. The molecule has 29 heavy (non-hydrogen) atoms. The molecule has 1 fully saturated rings. The van der Waals surface area contributed by atoms with E-state index in [1.807, 2.05) is 0 Å². The number of pyridine rings is 1. The third-order valence-corrected chi connectivity index (χ3v) is 6.72. The zero-order valence-corrected chi connectivity index (χ0v) is 17.2. The first-order valence-corrected chi connectivity index (χ1v) is 10.7. The Morgan fingerprint density at radius 3 is 2.45 bits per heavy atom. The first-order valence-electron chi connectivity index (χ1n) is 9.29. The number of aromatic nitrogens is 1. The molecular weight excluding hydrogens is 394 g/mol. The molecule has 1 aromatic heterocycles. The highest BCUT2D eigenvalue weighted by molar-refractivity contribution is 7.89. The molecule has 0 spiro atoms. The van der Waals surface area contributed by atoms with E-state index in [0.717, 1.165) is 24.8 Å². The number of amides is 1. The highest BCUT2D eigenvalue weighted by Crippen LogP contribution is 2.25. The van der Waals surface area contributed by atoms with Gasteiger partial charge in [-0.25, -0.2) is 13.2 Å². The third-order valence-electron chi connectivity index (χ3n) is 4.83. The maximum atomic E-state index is 12.9. The highest BCUT2D eigenvalue weighted by Gasteiger charge is 2.26. The van der Waals surface area contributed by atoms with Crippen LogP contribution in [0, 0.1) is 6.92 Å². The van der Waals surface area contributed by atoms with Crippen molar-refractivity contribution in [2.45, 2.75) is 31.1 Å². The number of nitrogens with zero attached hydrogens (tertiary/aromatic N) is 2. The summed E-state index contributed by atoms with van der Waals surface area (Å²) in [5.74, 6) is -1.05. The van der Waals surface area contributed by atoms with Crippen molar-refractivity contribution in [1.29, 1.82) is 0 Å². The minimum Gasteiger partial charge on any atom is -0.465 e. The van der Waals surface area contributed by atoms with Gasteiger partial charge >= 0.3 is 5.97 Å². The Kier molecular flexibility index (Phi) is 6.29. The fourth-order valence-electron chi connectivity index (χ4n) is 3.10. The van der Waals surface area contributed by atoms with Crippen LogP contribution in [0.15, 0.2) is 41.4 Å². The van der Waals surface area contributed by atoms with E-state index >= 15 is 0 Å². The number of piperidine rings is 1. The molecule has 1 amide bonds. The topological polar surface area (TPSA) is 106 Å². The van der Waals surface area contributed by atoms with E-state index in [-0.39, 0.29) is 16.2 Å². The van der Waals surface area contributed by atoms with Crippen LogP contribution in [-0.2, 0) is 14.8 Å². The van der Waals surface area contributed by atoms with Crippen molar-refractivity contribution in [2.75, 3.05) is 25.5 Å². The molecule has 1 aliphatic heterocycles. The van der Waals surface area contributed by atoms with Gasteiger partial charge in [-0.2, -0.15) is 4.31 Å². The summed E-state index contributed by atoms with van der Waals surface area (Å²) in [7, 11) is -2.34. The van der Waals surface area contributed by atoms with Crippen molar-refractivity contribution in [2.24, 2.45) is 0 Å². The van der Waals surface area contributed by atoms with Gasteiger partial charge in [-0.3, -0.25) is 9.78 Å². The fourth-order valence-corrected chi connectivity index (χ4v) is 4.65. The molecule has 0 radical (unpaired) electrons. The number of ether oxygens (including phenoxy) is 1. The predicted molar refractivity (Wildman–Crippen MR) is 107 cm³/mol. The molecule has 2 heterocycles. The summed E-state index contributed by atoms with van der Waals surface area (Å²) < 4.78 is 31.9. The number of benzene rings is 1. The van der Waals surface area contributed by atoms with Crippen molar-refractivity contribution in [3.63, 3.8) is 0 Å². The first-order chi connectivity index (χ1) is 13.8. The van der Waals surface area contributed by atoms with E-state index in [1.165, 1.54) is 35.8 Å². The van der Waals surface area contributed by atoms with Gasteiger partial charge in [0.05, 0.1) is 17.6 Å². The Morgan fingerprint density at radius 2 is 1.83 bits per heavy atom. The van der Waals surface area contributed by atoms with Gasteiger partial charge < -0.3 is 10.1 Å². The van der Waals surface area contributed by atoms with Gasteiger partial charge in [0, 0.05) is 25.0 Å². The van der Waals surface area contributed by atoms with Gasteiger partial charge in [-0.1, -0.05) is 12.5 Å². The average Bonchev–Trinajstić information content (AvgIpc) is 2.75.